The van der Waals surface area contributed by atoms with Gasteiger partial charge in [-0.3, -0.25) is 9.78 Å². The Morgan fingerprint density at radius 2 is 1.58 bits per heavy atom. The fourth-order valence-corrected chi connectivity index (χ4v) is 4.24. The first kappa shape index (κ1) is 33.7. The monoisotopic (exact) mass is 589 g/mol. The number of hydrogen-bond donors (Lipinski definition) is 2. The van der Waals surface area contributed by atoms with Gasteiger partial charge in [-0.15, -0.1) is 0 Å². The van der Waals surface area contributed by atoms with Crippen molar-refractivity contribution in [2.45, 2.75) is 20.8 Å². The lowest BCUT2D eigenvalue weighted by atomic mass is 10.0. The molecule has 43 heavy (non-hydrogen) atoms. The van der Waals surface area contributed by atoms with Gasteiger partial charge in [-0.25, -0.2) is 0 Å². The maximum absolute atomic E-state index is 13.3. The van der Waals surface area contributed by atoms with E-state index in [0.717, 1.165) is 41.2 Å². The average molecular weight is 590 g/mol. The summed E-state index contributed by atoms with van der Waals surface area (Å²) in [6, 6.07) is 17.3. The van der Waals surface area contributed by atoms with Gasteiger partial charge in [0.05, 0.1) is 64.2 Å². The summed E-state index contributed by atoms with van der Waals surface area (Å²) in [6.45, 7) is 11.4. The minimum atomic E-state index is -0.219. The topological polar surface area (TPSA) is 102 Å². The Labute approximate surface area is 255 Å². The van der Waals surface area contributed by atoms with E-state index >= 15 is 0 Å². The average Bonchev–Trinajstić information content (AvgIpc) is 3.02. The molecule has 2 N–H and O–H groups in total. The number of ether oxygens (including phenoxy) is 4. The summed E-state index contributed by atoms with van der Waals surface area (Å²) in [7, 11) is 0. The Bertz CT molecular complexity index is 1330. The molecule has 0 atom stereocenters. The highest BCUT2D eigenvalue weighted by molar-refractivity contribution is 6.06. The summed E-state index contributed by atoms with van der Waals surface area (Å²) in [5.41, 5.74) is 5.80. The van der Waals surface area contributed by atoms with Crippen molar-refractivity contribution >= 4 is 17.3 Å². The summed E-state index contributed by atoms with van der Waals surface area (Å²) in [4.78, 5) is 20.1. The van der Waals surface area contributed by atoms with Gasteiger partial charge in [-0.2, -0.15) is 0 Å². The van der Waals surface area contributed by atoms with E-state index in [1.807, 2.05) is 43.3 Å². The molecule has 0 spiro atoms. The second-order valence-electron chi connectivity index (χ2n) is 9.57. The van der Waals surface area contributed by atoms with E-state index < -0.39 is 0 Å². The van der Waals surface area contributed by atoms with Gasteiger partial charge < -0.3 is 34.3 Å². The molecule has 0 fully saturated rings. The quantitative estimate of drug-likeness (QED) is 0.164. The van der Waals surface area contributed by atoms with E-state index in [9.17, 15) is 4.79 Å². The van der Waals surface area contributed by atoms with Crippen molar-refractivity contribution in [1.29, 1.82) is 0 Å². The van der Waals surface area contributed by atoms with Crippen molar-refractivity contribution < 1.29 is 28.8 Å². The van der Waals surface area contributed by atoms with E-state index in [4.69, 9.17) is 24.1 Å². The van der Waals surface area contributed by atoms with Crippen LogP contribution < -0.4 is 10.2 Å². The minimum absolute atomic E-state index is 0.0124. The highest BCUT2D eigenvalue weighted by atomic mass is 16.6. The molecule has 0 saturated carbocycles. The number of carbonyl (C=O) groups is 1. The van der Waals surface area contributed by atoms with Gasteiger partial charge in [0.25, 0.3) is 5.91 Å². The van der Waals surface area contributed by atoms with Crippen LogP contribution in [-0.4, -0.2) is 88.5 Å². The van der Waals surface area contributed by atoms with E-state index in [1.54, 1.807) is 18.3 Å². The molecule has 9 heteroatoms. The van der Waals surface area contributed by atoms with Crippen molar-refractivity contribution in [2.75, 3.05) is 82.8 Å². The number of benzene rings is 2. The van der Waals surface area contributed by atoms with Crippen molar-refractivity contribution in [3.8, 4) is 23.1 Å². The fourth-order valence-electron chi connectivity index (χ4n) is 4.24. The molecule has 0 aliphatic heterocycles. The van der Waals surface area contributed by atoms with Gasteiger partial charge in [-0.05, 0) is 74.9 Å². The molecule has 0 aliphatic carbocycles. The van der Waals surface area contributed by atoms with Crippen LogP contribution in [0.25, 0.3) is 11.3 Å². The summed E-state index contributed by atoms with van der Waals surface area (Å²) in [5, 5.41) is 11.7. The lowest BCUT2D eigenvalue weighted by Gasteiger charge is -2.23. The van der Waals surface area contributed by atoms with Crippen LogP contribution in [0.15, 0.2) is 60.8 Å². The molecule has 0 aliphatic rings. The fraction of sp³-hybridized carbons (Fsp3) is 0.412. The third-order valence-electron chi connectivity index (χ3n) is 6.45. The molecule has 0 unspecified atom stereocenters. The van der Waals surface area contributed by atoms with Gasteiger partial charge in [0.1, 0.15) is 6.61 Å². The number of nitrogens with one attached hydrogen (secondary N) is 1. The third-order valence-corrected chi connectivity index (χ3v) is 6.45. The molecule has 0 saturated heterocycles. The largest absolute Gasteiger partial charge is 0.394 e. The summed E-state index contributed by atoms with van der Waals surface area (Å²) < 4.78 is 21.4. The number of aryl methyl sites for hydroxylation is 1. The first-order valence-corrected chi connectivity index (χ1v) is 14.7. The Morgan fingerprint density at radius 3 is 2.26 bits per heavy atom. The normalized spacial score (nSPS) is 10.7. The lowest BCUT2D eigenvalue weighted by molar-refractivity contribution is -0.00291. The molecular weight excluding hydrogens is 546 g/mol. The summed E-state index contributed by atoms with van der Waals surface area (Å²) >= 11 is 0. The number of hydrogen-bond acceptors (Lipinski definition) is 8. The predicted molar refractivity (Wildman–Crippen MR) is 170 cm³/mol. The molecule has 1 heterocycles. The lowest BCUT2D eigenvalue weighted by Crippen LogP contribution is -2.22. The molecule has 3 aromatic rings. The Balaban J connectivity index is 1.52. The first-order chi connectivity index (χ1) is 21.0. The van der Waals surface area contributed by atoms with Crippen molar-refractivity contribution in [3.63, 3.8) is 0 Å². The Morgan fingerprint density at radius 1 is 0.884 bits per heavy atom. The van der Waals surface area contributed by atoms with Crippen LogP contribution >= 0.6 is 0 Å². The summed E-state index contributed by atoms with van der Waals surface area (Å²) in [5.74, 6) is 5.83. The molecule has 3 rings (SSSR count). The van der Waals surface area contributed by atoms with E-state index in [0.29, 0.717) is 57.5 Å². The van der Waals surface area contributed by atoms with Crippen LogP contribution in [0.5, 0.6) is 0 Å². The van der Waals surface area contributed by atoms with Crippen LogP contribution in [0.4, 0.5) is 11.4 Å². The molecule has 230 valence electrons. The number of aromatic nitrogens is 1. The molecular formula is C34H43N3O6. The molecule has 0 bridgehead atoms. The zero-order valence-electron chi connectivity index (χ0n) is 25.4. The van der Waals surface area contributed by atoms with Crippen molar-refractivity contribution in [3.05, 3.63) is 77.5 Å². The van der Waals surface area contributed by atoms with E-state index in [-0.39, 0.29) is 19.1 Å². The smallest absolute Gasteiger partial charge is 0.255 e. The highest BCUT2D eigenvalue weighted by Gasteiger charge is 2.14. The standard InChI is InChI=1S/C34H43N3O6/c1-4-37(5-2)30-11-12-32(31(26-30)33-24-27(3)13-14-35-33)36-34(39)29-10-6-8-28(25-29)9-7-16-40-18-20-42-22-23-43-21-19-41-17-15-38/h6,8,10-14,24-26,38H,4-5,15-23H2,1-3H3,(H,36,39). The summed E-state index contributed by atoms with van der Waals surface area (Å²) in [6.07, 6.45) is 1.79. The number of amides is 1. The number of anilines is 2. The number of rotatable bonds is 18. The molecule has 2 aromatic carbocycles. The number of pyridine rings is 1. The van der Waals surface area contributed by atoms with Gasteiger partial charge in [0.15, 0.2) is 0 Å². The first-order valence-electron chi connectivity index (χ1n) is 14.7. The SMILES string of the molecule is CCN(CC)c1ccc(NC(=O)c2cccc(C#CCOCCOCCOCCOCCO)c2)c(-c2cc(C)ccn2)c1. The minimum Gasteiger partial charge on any atom is -0.394 e. The van der Waals surface area contributed by atoms with E-state index in [2.05, 4.69) is 47.0 Å². The number of carbonyl (C=O) groups excluding carboxylic acids is 1. The van der Waals surface area contributed by atoms with Crippen LogP contribution in [0.3, 0.4) is 0 Å². The molecule has 1 amide bonds. The van der Waals surface area contributed by atoms with Crippen molar-refractivity contribution in [1.82, 2.24) is 4.98 Å². The zero-order valence-corrected chi connectivity index (χ0v) is 25.4. The number of aliphatic hydroxyl groups is 1. The zero-order chi connectivity index (χ0) is 30.7. The van der Waals surface area contributed by atoms with Gasteiger partial charge in [-0.1, -0.05) is 17.9 Å². The highest BCUT2D eigenvalue weighted by Crippen LogP contribution is 2.32. The molecule has 1 aromatic heterocycles. The van der Waals surface area contributed by atoms with Crippen LogP contribution in [0, 0.1) is 18.8 Å². The Kier molecular flexibility index (Phi) is 15.2. The Hall–Kier alpha value is -3.78. The second-order valence-corrected chi connectivity index (χ2v) is 9.57. The van der Waals surface area contributed by atoms with Crippen molar-refractivity contribution in [2.24, 2.45) is 0 Å². The maximum Gasteiger partial charge on any atom is 0.255 e. The number of aliphatic hydroxyl groups excluding tert-OH is 1. The van der Waals surface area contributed by atoms with Gasteiger partial charge >= 0.3 is 0 Å². The second kappa shape index (κ2) is 19.4. The van der Waals surface area contributed by atoms with Crippen LogP contribution in [-0.2, 0) is 18.9 Å². The maximum atomic E-state index is 13.3. The molecule has 9 nitrogen and oxygen atoms in total. The van der Waals surface area contributed by atoms with Gasteiger partial charge in [0, 0.05) is 41.7 Å². The van der Waals surface area contributed by atoms with Gasteiger partial charge in [0.2, 0.25) is 0 Å². The molecule has 0 radical (unpaired) electrons. The predicted octanol–water partition coefficient (Wildman–Crippen LogP) is 4.57. The van der Waals surface area contributed by atoms with Crippen LogP contribution in [0.2, 0.25) is 0 Å². The van der Waals surface area contributed by atoms with E-state index in [1.165, 1.54) is 0 Å². The van der Waals surface area contributed by atoms with Crippen LogP contribution in [0.1, 0.15) is 35.3 Å². The number of nitrogens with zero attached hydrogens (tertiary/aromatic N) is 2. The third kappa shape index (κ3) is 11.8.